The Hall–Kier alpha value is -3.48. The number of aromatic nitrogens is 2. The molecule has 3 aromatic rings. The Morgan fingerprint density at radius 3 is 2.54 bits per heavy atom. The van der Waals surface area contributed by atoms with Gasteiger partial charge in [0.05, 0.1) is 17.8 Å². The topological polar surface area (TPSA) is 76.0 Å². The third-order valence-corrected chi connectivity index (χ3v) is 4.12. The summed E-state index contributed by atoms with van der Waals surface area (Å²) in [6, 6.07) is 13.5. The number of hydrogen-bond donors (Lipinski definition) is 2. The van der Waals surface area contributed by atoms with Crippen molar-refractivity contribution < 1.29 is 14.0 Å². The molecular formula is C21H21FN4O2. The number of carbonyl (C=O) groups is 2. The highest BCUT2D eigenvalue weighted by atomic mass is 19.1. The number of nitrogens with one attached hydrogen (secondary N) is 2. The summed E-state index contributed by atoms with van der Waals surface area (Å²) < 4.78 is 14.8. The van der Waals surface area contributed by atoms with Crippen LogP contribution in [0.5, 0.6) is 0 Å². The number of benzene rings is 2. The standard InChI is InChI=1S/C21H21FN4O2/c1-3-23-19(27)12-24-21(28)18-13-26(17-9-7-16(22)8-10-17)25-20(18)15-6-4-5-14(2)11-15/h4-11,13H,3,12H2,1-2H3,(H,23,27)(H,24,28). The summed E-state index contributed by atoms with van der Waals surface area (Å²) in [6.07, 6.45) is 1.58. The monoisotopic (exact) mass is 380 g/mol. The van der Waals surface area contributed by atoms with E-state index < -0.39 is 5.91 Å². The first kappa shape index (κ1) is 19.3. The lowest BCUT2D eigenvalue weighted by Crippen LogP contribution is -2.36. The van der Waals surface area contributed by atoms with Gasteiger partial charge in [0.1, 0.15) is 11.5 Å². The van der Waals surface area contributed by atoms with E-state index in [1.165, 1.54) is 16.8 Å². The molecule has 7 heteroatoms. The number of carbonyl (C=O) groups excluding carboxylic acids is 2. The van der Waals surface area contributed by atoms with Gasteiger partial charge in [-0.1, -0.05) is 23.8 Å². The molecule has 0 saturated heterocycles. The van der Waals surface area contributed by atoms with Crippen molar-refractivity contribution in [3.63, 3.8) is 0 Å². The Labute approximate surface area is 162 Å². The van der Waals surface area contributed by atoms with Gasteiger partial charge in [0, 0.05) is 18.3 Å². The molecular weight excluding hydrogens is 359 g/mol. The summed E-state index contributed by atoms with van der Waals surface area (Å²) in [5, 5.41) is 9.79. The van der Waals surface area contributed by atoms with E-state index in [2.05, 4.69) is 15.7 Å². The molecule has 0 spiro atoms. The summed E-state index contributed by atoms with van der Waals surface area (Å²) >= 11 is 0. The molecule has 1 heterocycles. The molecule has 144 valence electrons. The number of nitrogens with zero attached hydrogens (tertiary/aromatic N) is 2. The molecule has 0 aliphatic rings. The van der Waals surface area contributed by atoms with Gasteiger partial charge in [0.2, 0.25) is 5.91 Å². The third-order valence-electron chi connectivity index (χ3n) is 4.12. The second-order valence-electron chi connectivity index (χ2n) is 6.32. The first-order chi connectivity index (χ1) is 13.5. The van der Waals surface area contributed by atoms with Crippen molar-refractivity contribution in [3.8, 4) is 16.9 Å². The van der Waals surface area contributed by atoms with Crippen LogP contribution < -0.4 is 10.6 Å². The quantitative estimate of drug-likeness (QED) is 0.690. The van der Waals surface area contributed by atoms with Crippen LogP contribution >= 0.6 is 0 Å². The summed E-state index contributed by atoms with van der Waals surface area (Å²) in [6.45, 7) is 4.13. The maximum Gasteiger partial charge on any atom is 0.255 e. The lowest BCUT2D eigenvalue weighted by Gasteiger charge is -2.06. The Morgan fingerprint density at radius 2 is 1.86 bits per heavy atom. The second kappa shape index (κ2) is 8.47. The van der Waals surface area contributed by atoms with E-state index in [0.717, 1.165) is 11.1 Å². The van der Waals surface area contributed by atoms with Gasteiger partial charge in [-0.25, -0.2) is 9.07 Å². The van der Waals surface area contributed by atoms with Crippen LogP contribution in [0.25, 0.3) is 16.9 Å². The minimum atomic E-state index is -0.406. The fourth-order valence-electron chi connectivity index (χ4n) is 2.79. The lowest BCUT2D eigenvalue weighted by molar-refractivity contribution is -0.120. The highest BCUT2D eigenvalue weighted by Gasteiger charge is 2.19. The highest BCUT2D eigenvalue weighted by Crippen LogP contribution is 2.24. The van der Waals surface area contributed by atoms with Gasteiger partial charge in [0.25, 0.3) is 5.91 Å². The van der Waals surface area contributed by atoms with Crippen LogP contribution in [0, 0.1) is 12.7 Å². The summed E-state index contributed by atoms with van der Waals surface area (Å²) in [7, 11) is 0. The van der Waals surface area contributed by atoms with Crippen molar-refractivity contribution in [2.24, 2.45) is 0 Å². The number of hydrogen-bond acceptors (Lipinski definition) is 3. The Morgan fingerprint density at radius 1 is 1.11 bits per heavy atom. The fraction of sp³-hybridized carbons (Fsp3) is 0.190. The van der Waals surface area contributed by atoms with E-state index in [1.807, 2.05) is 38.1 Å². The number of likely N-dealkylation sites (N-methyl/N-ethyl adjacent to an activating group) is 1. The lowest BCUT2D eigenvalue weighted by atomic mass is 10.1. The van der Waals surface area contributed by atoms with Gasteiger partial charge in [-0.3, -0.25) is 9.59 Å². The van der Waals surface area contributed by atoms with Gasteiger partial charge in [-0.2, -0.15) is 5.10 Å². The molecule has 0 bridgehead atoms. The average Bonchev–Trinajstić information content (AvgIpc) is 3.12. The van der Waals surface area contributed by atoms with Crippen molar-refractivity contribution in [1.82, 2.24) is 20.4 Å². The molecule has 6 nitrogen and oxygen atoms in total. The summed E-state index contributed by atoms with van der Waals surface area (Å²) in [5.41, 5.74) is 3.25. The van der Waals surface area contributed by atoms with Crippen LogP contribution in [0.15, 0.2) is 54.7 Å². The normalized spacial score (nSPS) is 10.5. The zero-order chi connectivity index (χ0) is 20.1. The molecule has 2 aromatic carbocycles. The SMILES string of the molecule is CCNC(=O)CNC(=O)c1cn(-c2ccc(F)cc2)nc1-c1cccc(C)c1. The van der Waals surface area contributed by atoms with Gasteiger partial charge in [0.15, 0.2) is 0 Å². The largest absolute Gasteiger partial charge is 0.355 e. The van der Waals surface area contributed by atoms with Crippen molar-refractivity contribution in [3.05, 3.63) is 71.7 Å². The number of halogens is 1. The van der Waals surface area contributed by atoms with Gasteiger partial charge in [-0.05, 0) is 44.2 Å². The van der Waals surface area contributed by atoms with Crippen LogP contribution in [0.2, 0.25) is 0 Å². The second-order valence-corrected chi connectivity index (χ2v) is 6.32. The number of amides is 2. The van der Waals surface area contributed by atoms with Gasteiger partial charge < -0.3 is 10.6 Å². The first-order valence-corrected chi connectivity index (χ1v) is 8.95. The van der Waals surface area contributed by atoms with E-state index in [4.69, 9.17) is 0 Å². The van der Waals surface area contributed by atoms with E-state index in [9.17, 15) is 14.0 Å². The van der Waals surface area contributed by atoms with Crippen molar-refractivity contribution in [2.45, 2.75) is 13.8 Å². The molecule has 0 saturated carbocycles. The smallest absolute Gasteiger partial charge is 0.255 e. The molecule has 3 rings (SSSR count). The third kappa shape index (κ3) is 4.43. The van der Waals surface area contributed by atoms with E-state index >= 15 is 0 Å². The van der Waals surface area contributed by atoms with E-state index in [0.29, 0.717) is 23.5 Å². The molecule has 0 fully saturated rings. The van der Waals surface area contributed by atoms with Crippen molar-refractivity contribution in [2.75, 3.05) is 13.1 Å². The van der Waals surface area contributed by atoms with Crippen LogP contribution in [-0.4, -0.2) is 34.7 Å². The Bertz CT molecular complexity index is 996. The van der Waals surface area contributed by atoms with E-state index in [-0.39, 0.29) is 18.3 Å². The fourth-order valence-corrected chi connectivity index (χ4v) is 2.79. The van der Waals surface area contributed by atoms with Crippen molar-refractivity contribution in [1.29, 1.82) is 0 Å². The van der Waals surface area contributed by atoms with Crippen LogP contribution in [-0.2, 0) is 4.79 Å². The molecule has 0 atom stereocenters. The minimum absolute atomic E-state index is 0.123. The summed E-state index contributed by atoms with van der Waals surface area (Å²) in [5.74, 6) is -1.02. The predicted octanol–water partition coefficient (Wildman–Crippen LogP) is 2.85. The number of rotatable bonds is 6. The molecule has 0 radical (unpaired) electrons. The zero-order valence-electron chi connectivity index (χ0n) is 15.7. The Balaban J connectivity index is 1.97. The molecule has 0 aliphatic carbocycles. The molecule has 28 heavy (non-hydrogen) atoms. The molecule has 2 amide bonds. The molecule has 2 N–H and O–H groups in total. The van der Waals surface area contributed by atoms with Gasteiger partial charge >= 0.3 is 0 Å². The predicted molar refractivity (Wildman–Crippen MR) is 105 cm³/mol. The van der Waals surface area contributed by atoms with Crippen molar-refractivity contribution >= 4 is 11.8 Å². The molecule has 0 aliphatic heterocycles. The number of aryl methyl sites for hydroxylation is 1. The minimum Gasteiger partial charge on any atom is -0.355 e. The summed E-state index contributed by atoms with van der Waals surface area (Å²) in [4.78, 5) is 24.4. The van der Waals surface area contributed by atoms with Gasteiger partial charge in [-0.15, -0.1) is 0 Å². The van der Waals surface area contributed by atoms with Crippen LogP contribution in [0.3, 0.4) is 0 Å². The maximum atomic E-state index is 13.2. The Kier molecular flexibility index (Phi) is 5.84. The average molecular weight is 380 g/mol. The van der Waals surface area contributed by atoms with Crippen LogP contribution in [0.1, 0.15) is 22.8 Å². The molecule has 0 unspecified atom stereocenters. The van der Waals surface area contributed by atoms with E-state index in [1.54, 1.807) is 18.3 Å². The first-order valence-electron chi connectivity index (χ1n) is 8.95. The maximum absolute atomic E-state index is 13.2. The zero-order valence-corrected chi connectivity index (χ0v) is 15.7. The van der Waals surface area contributed by atoms with Crippen LogP contribution in [0.4, 0.5) is 4.39 Å². The molecule has 1 aromatic heterocycles. The highest BCUT2D eigenvalue weighted by molar-refractivity contribution is 6.01.